The van der Waals surface area contributed by atoms with Crippen LogP contribution in [-0.2, 0) is 9.53 Å². The molecule has 1 atom stereocenters. The van der Waals surface area contributed by atoms with Crippen molar-refractivity contribution in [2.45, 2.75) is 13.2 Å². The molecule has 0 aliphatic carbocycles. The molecule has 1 aliphatic heterocycles. The summed E-state index contributed by atoms with van der Waals surface area (Å²) in [5.41, 5.74) is 0.782. The van der Waals surface area contributed by atoms with E-state index in [0.717, 1.165) is 5.56 Å². The van der Waals surface area contributed by atoms with Crippen LogP contribution in [-0.4, -0.2) is 28.9 Å². The Hall–Kier alpha value is -1.95. The minimum absolute atomic E-state index is 0.0288. The van der Waals surface area contributed by atoms with Gasteiger partial charge in [-0.05, 0) is 12.1 Å². The van der Waals surface area contributed by atoms with Crippen molar-refractivity contribution in [3.8, 4) is 0 Å². The number of hydrogen-bond donors (Lipinski definition) is 0. The monoisotopic (exact) mass is 236 g/mol. The minimum Gasteiger partial charge on any atom is -0.352 e. The molecule has 1 heterocycles. The van der Waals surface area contributed by atoms with E-state index in [9.17, 15) is 14.9 Å². The predicted octanol–water partition coefficient (Wildman–Crippen LogP) is 1.47. The molecule has 1 fully saturated rings. The highest BCUT2D eigenvalue weighted by Crippen LogP contribution is 2.27. The fourth-order valence-electron chi connectivity index (χ4n) is 1.83. The minimum atomic E-state index is -0.456. The van der Waals surface area contributed by atoms with Crippen LogP contribution in [0.5, 0.6) is 0 Å². The van der Waals surface area contributed by atoms with Gasteiger partial charge in [-0.3, -0.25) is 14.9 Å². The lowest BCUT2D eigenvalue weighted by molar-refractivity contribution is -0.384. The molecule has 0 N–H and O–H groups in total. The van der Waals surface area contributed by atoms with Gasteiger partial charge < -0.3 is 9.64 Å². The Bertz CT molecular complexity index is 443. The third kappa shape index (κ3) is 2.26. The number of nitrogens with zero attached hydrogens (tertiary/aromatic N) is 2. The molecule has 2 rings (SSSR count). The Balaban J connectivity index is 2.22. The Morgan fingerprint density at radius 3 is 2.65 bits per heavy atom. The standard InChI is InChI=1S/C11H12N2O4/c1-8(14)12-6-7-17-11(12)9-2-4-10(5-3-9)13(15)16/h2-5,11H,6-7H2,1H3/t11-/m1/s1. The summed E-state index contributed by atoms with van der Waals surface area (Å²) in [7, 11) is 0. The van der Waals surface area contributed by atoms with Crippen LogP contribution in [0, 0.1) is 10.1 Å². The molecule has 17 heavy (non-hydrogen) atoms. The fraction of sp³-hybridized carbons (Fsp3) is 0.364. The van der Waals surface area contributed by atoms with Gasteiger partial charge in [-0.2, -0.15) is 0 Å². The van der Waals surface area contributed by atoms with Crippen molar-refractivity contribution in [2.24, 2.45) is 0 Å². The molecule has 0 bridgehead atoms. The Labute approximate surface area is 97.9 Å². The van der Waals surface area contributed by atoms with Crippen LogP contribution < -0.4 is 0 Å². The molecular formula is C11H12N2O4. The molecule has 6 nitrogen and oxygen atoms in total. The predicted molar refractivity (Wildman–Crippen MR) is 59.2 cm³/mol. The number of amides is 1. The van der Waals surface area contributed by atoms with E-state index in [2.05, 4.69) is 0 Å². The number of non-ortho nitro benzene ring substituents is 1. The molecule has 1 aromatic carbocycles. The summed E-state index contributed by atoms with van der Waals surface area (Å²) in [4.78, 5) is 23.0. The van der Waals surface area contributed by atoms with Crippen molar-refractivity contribution >= 4 is 11.6 Å². The van der Waals surface area contributed by atoms with Crippen LogP contribution >= 0.6 is 0 Å². The molecule has 6 heteroatoms. The zero-order valence-corrected chi connectivity index (χ0v) is 9.33. The van der Waals surface area contributed by atoms with Crippen molar-refractivity contribution in [3.63, 3.8) is 0 Å². The van der Waals surface area contributed by atoms with Crippen molar-refractivity contribution in [1.29, 1.82) is 0 Å². The van der Waals surface area contributed by atoms with Crippen LogP contribution in [0.3, 0.4) is 0 Å². The summed E-state index contributed by atoms with van der Waals surface area (Å²) >= 11 is 0. The Kier molecular flexibility index (Phi) is 3.06. The normalized spacial score (nSPS) is 19.4. The molecule has 1 aliphatic rings. The molecule has 0 unspecified atom stereocenters. The SMILES string of the molecule is CC(=O)N1CCO[C@@H]1c1ccc([N+](=O)[O-])cc1. The molecule has 1 amide bonds. The van der Waals surface area contributed by atoms with E-state index >= 15 is 0 Å². The average molecular weight is 236 g/mol. The lowest BCUT2D eigenvalue weighted by Crippen LogP contribution is -2.28. The Morgan fingerprint density at radius 1 is 1.47 bits per heavy atom. The van der Waals surface area contributed by atoms with Crippen molar-refractivity contribution in [2.75, 3.05) is 13.2 Å². The van der Waals surface area contributed by atoms with Crippen molar-refractivity contribution in [3.05, 3.63) is 39.9 Å². The van der Waals surface area contributed by atoms with Gasteiger partial charge in [-0.1, -0.05) is 0 Å². The van der Waals surface area contributed by atoms with Crippen LogP contribution in [0.4, 0.5) is 5.69 Å². The lowest BCUT2D eigenvalue weighted by atomic mass is 10.1. The topological polar surface area (TPSA) is 72.7 Å². The number of carbonyl (C=O) groups excluding carboxylic acids is 1. The smallest absolute Gasteiger partial charge is 0.269 e. The number of nitro benzene ring substituents is 1. The molecule has 1 saturated heterocycles. The number of benzene rings is 1. The van der Waals surface area contributed by atoms with Gasteiger partial charge in [-0.25, -0.2) is 0 Å². The summed E-state index contributed by atoms with van der Waals surface area (Å²) in [6, 6.07) is 6.05. The first-order valence-electron chi connectivity index (χ1n) is 5.23. The first kappa shape index (κ1) is 11.5. The second-order valence-corrected chi connectivity index (χ2v) is 3.78. The molecule has 90 valence electrons. The quantitative estimate of drug-likeness (QED) is 0.575. The highest BCUT2D eigenvalue weighted by molar-refractivity contribution is 5.73. The zero-order chi connectivity index (χ0) is 12.4. The van der Waals surface area contributed by atoms with E-state index < -0.39 is 11.2 Å². The maximum absolute atomic E-state index is 11.3. The summed E-state index contributed by atoms with van der Waals surface area (Å²) < 4.78 is 5.45. The van der Waals surface area contributed by atoms with Gasteiger partial charge in [0.1, 0.15) is 0 Å². The molecule has 0 radical (unpaired) electrons. The largest absolute Gasteiger partial charge is 0.352 e. The van der Waals surface area contributed by atoms with Gasteiger partial charge in [0.15, 0.2) is 6.23 Å². The number of nitro groups is 1. The van der Waals surface area contributed by atoms with Crippen molar-refractivity contribution < 1.29 is 14.5 Å². The molecule has 1 aromatic rings. The molecule has 0 aromatic heterocycles. The van der Waals surface area contributed by atoms with E-state index in [-0.39, 0.29) is 11.6 Å². The maximum Gasteiger partial charge on any atom is 0.269 e. The van der Waals surface area contributed by atoms with Crippen LogP contribution in [0.25, 0.3) is 0 Å². The van der Waals surface area contributed by atoms with Gasteiger partial charge in [0, 0.05) is 31.2 Å². The summed E-state index contributed by atoms with van der Waals surface area (Å²) in [5.74, 6) is -0.0640. The highest BCUT2D eigenvalue weighted by atomic mass is 16.6. The molecule has 0 spiro atoms. The maximum atomic E-state index is 11.3. The fourth-order valence-corrected chi connectivity index (χ4v) is 1.83. The third-order valence-corrected chi connectivity index (χ3v) is 2.68. The van der Waals surface area contributed by atoms with Gasteiger partial charge in [0.2, 0.25) is 5.91 Å². The lowest BCUT2D eigenvalue weighted by Gasteiger charge is -2.21. The van der Waals surface area contributed by atoms with E-state index in [4.69, 9.17) is 4.74 Å². The van der Waals surface area contributed by atoms with Crippen molar-refractivity contribution in [1.82, 2.24) is 4.90 Å². The Morgan fingerprint density at radius 2 is 2.12 bits per heavy atom. The molecule has 0 saturated carbocycles. The molecular weight excluding hydrogens is 224 g/mol. The first-order valence-corrected chi connectivity index (χ1v) is 5.23. The van der Waals surface area contributed by atoms with Crippen LogP contribution in [0.2, 0.25) is 0 Å². The van der Waals surface area contributed by atoms with E-state index in [1.165, 1.54) is 19.1 Å². The van der Waals surface area contributed by atoms with Gasteiger partial charge >= 0.3 is 0 Å². The first-order chi connectivity index (χ1) is 8.09. The number of rotatable bonds is 2. The number of hydrogen-bond acceptors (Lipinski definition) is 4. The van der Waals surface area contributed by atoms with E-state index in [1.807, 2.05) is 0 Å². The van der Waals surface area contributed by atoms with Gasteiger partial charge in [0.25, 0.3) is 5.69 Å². The summed E-state index contributed by atoms with van der Waals surface area (Å²) in [5, 5.41) is 10.5. The van der Waals surface area contributed by atoms with Crippen LogP contribution in [0.15, 0.2) is 24.3 Å². The highest BCUT2D eigenvalue weighted by Gasteiger charge is 2.28. The van der Waals surface area contributed by atoms with Gasteiger partial charge in [-0.15, -0.1) is 0 Å². The van der Waals surface area contributed by atoms with E-state index in [0.29, 0.717) is 13.2 Å². The number of carbonyl (C=O) groups is 1. The summed E-state index contributed by atoms with van der Waals surface area (Å²) in [6.07, 6.45) is -0.423. The summed E-state index contributed by atoms with van der Waals surface area (Å²) in [6.45, 7) is 2.52. The van der Waals surface area contributed by atoms with Crippen LogP contribution in [0.1, 0.15) is 18.7 Å². The third-order valence-electron chi connectivity index (χ3n) is 2.68. The zero-order valence-electron chi connectivity index (χ0n) is 9.33. The second-order valence-electron chi connectivity index (χ2n) is 3.78. The number of ether oxygens (including phenoxy) is 1. The second kappa shape index (κ2) is 4.50. The van der Waals surface area contributed by atoms with Gasteiger partial charge in [0.05, 0.1) is 11.5 Å². The average Bonchev–Trinajstić information content (AvgIpc) is 2.78. The van der Waals surface area contributed by atoms with E-state index in [1.54, 1.807) is 17.0 Å².